The standard InChI is InChI=1S/C32H32F4N2O5/c1-16-13-23-20(10-11-38(23)29(39)18-8-9-24(37-15-18)32(34,35)36)26(25(16)28(30(40)41)43-31(3,4)5)21-14-22(33)27-19(17(21)2)7-6-12-42-27/h8-9,13-15,28H,6-7,10-12H2,1-5H3,(H,40,41)/t28-/m0/s1. The fourth-order valence-electron chi connectivity index (χ4n) is 5.90. The lowest BCUT2D eigenvalue weighted by Gasteiger charge is -2.30. The van der Waals surface area contributed by atoms with Gasteiger partial charge in [0.1, 0.15) is 5.69 Å². The SMILES string of the molecule is Cc1cc2c(c(-c3cc(F)c4c(c3C)CCCO4)c1[C@H](OC(C)(C)C)C(=O)O)CCN2C(=O)c1ccc(C(F)(F)F)nc1. The molecule has 2 aromatic carbocycles. The van der Waals surface area contributed by atoms with Gasteiger partial charge in [-0.15, -0.1) is 0 Å². The zero-order valence-corrected chi connectivity index (χ0v) is 24.5. The third-order valence-electron chi connectivity index (χ3n) is 7.74. The molecule has 1 N–H and O–H groups in total. The van der Waals surface area contributed by atoms with Crippen LogP contribution < -0.4 is 9.64 Å². The number of aliphatic carboxylic acids is 1. The van der Waals surface area contributed by atoms with Crippen LogP contribution in [0.5, 0.6) is 5.75 Å². The molecule has 0 saturated heterocycles. The topological polar surface area (TPSA) is 89.0 Å². The van der Waals surface area contributed by atoms with Crippen molar-refractivity contribution in [1.29, 1.82) is 0 Å². The first-order valence-electron chi connectivity index (χ1n) is 14.0. The van der Waals surface area contributed by atoms with Crippen LogP contribution in [0.2, 0.25) is 0 Å². The number of carbonyl (C=O) groups excluding carboxylic acids is 1. The molecule has 0 spiro atoms. The van der Waals surface area contributed by atoms with Crippen LogP contribution in [0.1, 0.15) is 77.2 Å². The van der Waals surface area contributed by atoms with Gasteiger partial charge in [-0.1, -0.05) is 0 Å². The number of carbonyl (C=O) groups is 2. The number of ether oxygens (including phenoxy) is 2. The van der Waals surface area contributed by atoms with Crippen molar-refractivity contribution in [2.45, 2.75) is 71.8 Å². The molecule has 11 heteroatoms. The first-order valence-corrected chi connectivity index (χ1v) is 14.0. The maximum atomic E-state index is 15.5. The smallest absolute Gasteiger partial charge is 0.433 e. The van der Waals surface area contributed by atoms with Gasteiger partial charge in [0, 0.05) is 29.6 Å². The molecule has 0 bridgehead atoms. The molecule has 0 radical (unpaired) electrons. The molecular weight excluding hydrogens is 568 g/mol. The highest BCUT2D eigenvalue weighted by molar-refractivity contribution is 6.08. The van der Waals surface area contributed by atoms with E-state index in [1.54, 1.807) is 33.8 Å². The molecule has 43 heavy (non-hydrogen) atoms. The average molecular weight is 601 g/mol. The Bertz CT molecular complexity index is 1610. The second-order valence-corrected chi connectivity index (χ2v) is 11.9. The summed E-state index contributed by atoms with van der Waals surface area (Å²) in [6, 6.07) is 4.87. The molecule has 0 saturated carbocycles. The number of fused-ring (bicyclic) bond motifs is 2. The number of halogens is 4. The van der Waals surface area contributed by atoms with Crippen LogP contribution in [-0.2, 0) is 28.5 Å². The largest absolute Gasteiger partial charge is 0.490 e. The fourth-order valence-corrected chi connectivity index (χ4v) is 5.90. The molecule has 2 aliphatic heterocycles. The minimum atomic E-state index is -4.65. The van der Waals surface area contributed by atoms with Gasteiger partial charge >= 0.3 is 12.1 Å². The van der Waals surface area contributed by atoms with Crippen molar-refractivity contribution in [3.8, 4) is 16.9 Å². The van der Waals surface area contributed by atoms with Crippen molar-refractivity contribution in [3.05, 3.63) is 75.4 Å². The number of rotatable bonds is 5. The van der Waals surface area contributed by atoms with Crippen LogP contribution >= 0.6 is 0 Å². The Hall–Kier alpha value is -3.99. The van der Waals surface area contributed by atoms with E-state index in [0.717, 1.165) is 23.9 Å². The van der Waals surface area contributed by atoms with Gasteiger partial charge in [-0.2, -0.15) is 13.2 Å². The number of pyridine rings is 1. The Labute approximate surface area is 246 Å². The van der Waals surface area contributed by atoms with Crippen molar-refractivity contribution in [3.63, 3.8) is 0 Å². The second kappa shape index (κ2) is 10.9. The lowest BCUT2D eigenvalue weighted by Crippen LogP contribution is -2.30. The molecule has 0 fully saturated rings. The number of amides is 1. The summed E-state index contributed by atoms with van der Waals surface area (Å²) >= 11 is 0. The Balaban J connectivity index is 1.72. The predicted molar refractivity (Wildman–Crippen MR) is 151 cm³/mol. The first kappa shape index (κ1) is 30.5. The number of carboxylic acids is 1. The zero-order valence-electron chi connectivity index (χ0n) is 24.5. The number of carboxylic acid groups (broad SMARTS) is 1. The number of benzene rings is 2. The van der Waals surface area contributed by atoms with Gasteiger partial charge in [0.25, 0.3) is 5.91 Å². The molecule has 0 aliphatic carbocycles. The van der Waals surface area contributed by atoms with Crippen molar-refractivity contribution in [1.82, 2.24) is 4.98 Å². The monoisotopic (exact) mass is 600 g/mol. The van der Waals surface area contributed by atoms with E-state index in [2.05, 4.69) is 4.98 Å². The molecule has 228 valence electrons. The number of nitrogens with zero attached hydrogens (tertiary/aromatic N) is 2. The van der Waals surface area contributed by atoms with E-state index in [4.69, 9.17) is 9.47 Å². The first-order chi connectivity index (χ1) is 20.1. The van der Waals surface area contributed by atoms with Gasteiger partial charge in [-0.05, 0) is 106 Å². The van der Waals surface area contributed by atoms with Crippen molar-refractivity contribution < 1.29 is 41.7 Å². The van der Waals surface area contributed by atoms with Crippen LogP contribution in [0.3, 0.4) is 0 Å². The zero-order chi connectivity index (χ0) is 31.4. The normalized spacial score (nSPS) is 15.5. The van der Waals surface area contributed by atoms with Crippen LogP contribution in [0, 0.1) is 19.7 Å². The van der Waals surface area contributed by atoms with Gasteiger partial charge < -0.3 is 19.5 Å². The van der Waals surface area contributed by atoms with Gasteiger partial charge in [0.2, 0.25) is 0 Å². The van der Waals surface area contributed by atoms with E-state index in [0.29, 0.717) is 64.9 Å². The summed E-state index contributed by atoms with van der Waals surface area (Å²) < 4.78 is 66.4. The average Bonchev–Trinajstić information content (AvgIpc) is 3.35. The number of alkyl halides is 3. The number of hydrogen-bond donors (Lipinski definition) is 1. The summed E-state index contributed by atoms with van der Waals surface area (Å²) in [5.41, 5.74) is 2.35. The Morgan fingerprint density at radius 2 is 1.81 bits per heavy atom. The highest BCUT2D eigenvalue weighted by atomic mass is 19.4. The number of aromatic nitrogens is 1. The lowest BCUT2D eigenvalue weighted by atomic mass is 9.83. The van der Waals surface area contributed by atoms with Crippen LogP contribution in [-0.4, -0.2) is 40.7 Å². The number of hydrogen-bond acceptors (Lipinski definition) is 5. The summed E-state index contributed by atoms with van der Waals surface area (Å²) in [7, 11) is 0. The molecule has 1 amide bonds. The third kappa shape index (κ3) is 5.70. The van der Waals surface area contributed by atoms with Gasteiger partial charge in [0.05, 0.1) is 17.8 Å². The van der Waals surface area contributed by atoms with Crippen molar-refractivity contribution in [2.75, 3.05) is 18.1 Å². The van der Waals surface area contributed by atoms with Crippen LogP contribution in [0.15, 0.2) is 30.5 Å². The minimum Gasteiger partial charge on any atom is -0.490 e. The highest BCUT2D eigenvalue weighted by Crippen LogP contribution is 2.48. The van der Waals surface area contributed by atoms with Gasteiger partial charge in [0.15, 0.2) is 17.7 Å². The molecule has 3 heterocycles. The van der Waals surface area contributed by atoms with E-state index in [1.165, 1.54) is 11.0 Å². The molecular formula is C32H32F4N2O5. The molecule has 7 nitrogen and oxygen atoms in total. The fraction of sp³-hybridized carbons (Fsp3) is 0.406. The Kier molecular flexibility index (Phi) is 7.75. The van der Waals surface area contributed by atoms with E-state index in [-0.39, 0.29) is 17.9 Å². The molecule has 2 aliphatic rings. The molecule has 0 unspecified atom stereocenters. The quantitative estimate of drug-likeness (QED) is 0.318. The minimum absolute atomic E-state index is 0.0308. The molecule has 3 aromatic rings. The van der Waals surface area contributed by atoms with E-state index < -0.39 is 41.3 Å². The molecule has 1 atom stereocenters. The Morgan fingerprint density at radius 3 is 2.42 bits per heavy atom. The van der Waals surface area contributed by atoms with Crippen LogP contribution in [0.25, 0.3) is 11.1 Å². The van der Waals surface area contributed by atoms with Crippen molar-refractivity contribution in [2.24, 2.45) is 0 Å². The predicted octanol–water partition coefficient (Wildman–Crippen LogP) is 6.99. The molecule has 1 aromatic heterocycles. The second-order valence-electron chi connectivity index (χ2n) is 11.9. The summed E-state index contributed by atoms with van der Waals surface area (Å²) in [5.74, 6) is -2.16. The summed E-state index contributed by atoms with van der Waals surface area (Å²) in [5, 5.41) is 10.3. The maximum Gasteiger partial charge on any atom is 0.433 e. The third-order valence-corrected chi connectivity index (χ3v) is 7.74. The molecule has 5 rings (SSSR count). The number of anilines is 1. The summed E-state index contributed by atoms with van der Waals surface area (Å²) in [6.45, 7) is 9.34. The van der Waals surface area contributed by atoms with Gasteiger partial charge in [-0.3, -0.25) is 9.78 Å². The van der Waals surface area contributed by atoms with Crippen molar-refractivity contribution >= 4 is 17.6 Å². The van der Waals surface area contributed by atoms with Crippen LogP contribution in [0.4, 0.5) is 23.2 Å². The lowest BCUT2D eigenvalue weighted by molar-refractivity contribution is -0.160. The summed E-state index contributed by atoms with van der Waals surface area (Å²) in [6.07, 6.45) is -3.57. The highest BCUT2D eigenvalue weighted by Gasteiger charge is 2.38. The van der Waals surface area contributed by atoms with E-state index in [9.17, 15) is 27.9 Å². The van der Waals surface area contributed by atoms with E-state index >= 15 is 4.39 Å². The van der Waals surface area contributed by atoms with E-state index in [1.807, 2.05) is 6.92 Å². The van der Waals surface area contributed by atoms with Gasteiger partial charge in [-0.25, -0.2) is 9.18 Å². The summed E-state index contributed by atoms with van der Waals surface area (Å²) in [4.78, 5) is 31.1. The Morgan fingerprint density at radius 1 is 1.09 bits per heavy atom. The number of aryl methyl sites for hydroxylation is 1. The maximum absolute atomic E-state index is 15.5.